The van der Waals surface area contributed by atoms with Crippen molar-refractivity contribution in [2.24, 2.45) is 0 Å². The number of methoxy groups -OCH3 is 1. The average molecular weight is 251 g/mol. The number of ether oxygens (including phenoxy) is 1. The van der Waals surface area contributed by atoms with Crippen LogP contribution in [0.15, 0.2) is 0 Å². The van der Waals surface area contributed by atoms with E-state index in [1.807, 2.05) is 5.32 Å². The minimum atomic E-state index is -0.661. The molecular formula is C9H15ClN2O4. The van der Waals surface area contributed by atoms with Crippen molar-refractivity contribution in [1.29, 1.82) is 0 Å². The van der Waals surface area contributed by atoms with Gasteiger partial charge in [-0.3, -0.25) is 14.9 Å². The van der Waals surface area contributed by atoms with Crippen LogP contribution in [0.1, 0.15) is 13.8 Å². The predicted molar refractivity (Wildman–Crippen MR) is 58.1 cm³/mol. The topological polar surface area (TPSA) is 75.7 Å². The van der Waals surface area contributed by atoms with Crippen LogP contribution < -0.4 is 5.32 Å². The maximum Gasteiger partial charge on any atom is 0.325 e. The van der Waals surface area contributed by atoms with Gasteiger partial charge in [0.1, 0.15) is 12.4 Å². The van der Waals surface area contributed by atoms with Crippen LogP contribution in [0.2, 0.25) is 0 Å². The second-order valence-electron chi connectivity index (χ2n) is 3.28. The molecule has 0 aliphatic heterocycles. The van der Waals surface area contributed by atoms with Crippen molar-refractivity contribution in [1.82, 2.24) is 10.2 Å². The molecule has 0 aliphatic carbocycles. The lowest BCUT2D eigenvalue weighted by atomic mass is 10.3. The Hall–Kier alpha value is -1.30. The van der Waals surface area contributed by atoms with E-state index in [0.29, 0.717) is 0 Å². The Morgan fingerprint density at radius 1 is 1.38 bits per heavy atom. The van der Waals surface area contributed by atoms with Gasteiger partial charge in [0, 0.05) is 6.04 Å². The van der Waals surface area contributed by atoms with Crippen molar-refractivity contribution in [3.05, 3.63) is 0 Å². The van der Waals surface area contributed by atoms with Gasteiger partial charge in [-0.25, -0.2) is 4.79 Å². The Morgan fingerprint density at radius 2 is 1.94 bits per heavy atom. The number of alkyl halides is 1. The first-order chi connectivity index (χ1) is 7.42. The molecule has 3 amide bonds. The molecule has 0 aliphatic rings. The van der Waals surface area contributed by atoms with Crippen LogP contribution in [-0.2, 0) is 14.3 Å². The smallest absolute Gasteiger partial charge is 0.325 e. The van der Waals surface area contributed by atoms with Gasteiger partial charge in [0.05, 0.1) is 7.11 Å². The Bertz CT molecular complexity index is 281. The number of carbonyl (C=O) groups is 3. The molecule has 0 rings (SSSR count). The van der Waals surface area contributed by atoms with Crippen LogP contribution in [0.25, 0.3) is 0 Å². The van der Waals surface area contributed by atoms with E-state index in [1.165, 1.54) is 12.0 Å². The molecule has 0 saturated heterocycles. The number of nitrogens with one attached hydrogen (secondary N) is 1. The van der Waals surface area contributed by atoms with Gasteiger partial charge in [-0.15, -0.1) is 11.6 Å². The number of amides is 3. The Kier molecular flexibility index (Phi) is 6.48. The number of halogens is 1. The Balaban J connectivity index is 4.47. The first-order valence-corrected chi connectivity index (χ1v) is 5.19. The van der Waals surface area contributed by atoms with Crippen LogP contribution in [0.3, 0.4) is 0 Å². The second-order valence-corrected chi connectivity index (χ2v) is 3.55. The molecule has 0 aromatic heterocycles. The number of rotatable bonds is 4. The maximum absolute atomic E-state index is 11.5. The highest BCUT2D eigenvalue weighted by molar-refractivity contribution is 6.28. The summed E-state index contributed by atoms with van der Waals surface area (Å²) in [5.74, 6) is -1.47. The zero-order valence-electron chi connectivity index (χ0n) is 9.45. The Morgan fingerprint density at radius 3 is 2.31 bits per heavy atom. The van der Waals surface area contributed by atoms with Crippen LogP contribution >= 0.6 is 11.6 Å². The van der Waals surface area contributed by atoms with Crippen molar-refractivity contribution in [3.63, 3.8) is 0 Å². The van der Waals surface area contributed by atoms with Gasteiger partial charge < -0.3 is 9.64 Å². The fourth-order valence-corrected chi connectivity index (χ4v) is 0.984. The lowest BCUT2D eigenvalue weighted by molar-refractivity contribution is -0.141. The van der Waals surface area contributed by atoms with Crippen molar-refractivity contribution in [3.8, 4) is 0 Å². The normalized spacial score (nSPS) is 9.81. The van der Waals surface area contributed by atoms with Crippen LogP contribution in [0.5, 0.6) is 0 Å². The Labute approximate surface area is 98.9 Å². The minimum absolute atomic E-state index is 0.213. The molecule has 0 spiro atoms. The molecule has 0 saturated carbocycles. The monoisotopic (exact) mass is 250 g/mol. The second kappa shape index (κ2) is 7.05. The lowest BCUT2D eigenvalue weighted by Gasteiger charge is -2.24. The van der Waals surface area contributed by atoms with Gasteiger partial charge in [0.15, 0.2) is 0 Å². The molecule has 92 valence electrons. The number of nitrogens with zero attached hydrogens (tertiary/aromatic N) is 1. The quantitative estimate of drug-likeness (QED) is 0.577. The number of hydrogen-bond acceptors (Lipinski definition) is 4. The summed E-state index contributed by atoms with van der Waals surface area (Å²) in [5, 5.41) is 2.05. The number of imide groups is 1. The molecular weight excluding hydrogens is 236 g/mol. The summed E-state index contributed by atoms with van der Waals surface area (Å²) in [5.41, 5.74) is 0. The van der Waals surface area contributed by atoms with E-state index >= 15 is 0 Å². The predicted octanol–water partition coefficient (Wildman–Crippen LogP) is 0.345. The summed E-state index contributed by atoms with van der Waals surface area (Å²) in [6.45, 7) is 3.22. The van der Waals surface area contributed by atoms with E-state index < -0.39 is 17.9 Å². The van der Waals surface area contributed by atoms with Crippen molar-refractivity contribution in [2.75, 3.05) is 19.5 Å². The van der Waals surface area contributed by atoms with E-state index in [4.69, 9.17) is 11.6 Å². The molecule has 7 heteroatoms. The number of hydrogen-bond donors (Lipinski definition) is 1. The molecule has 0 bridgehead atoms. The first-order valence-electron chi connectivity index (χ1n) is 4.65. The molecule has 0 aromatic carbocycles. The van der Waals surface area contributed by atoms with Crippen LogP contribution in [-0.4, -0.2) is 48.4 Å². The van der Waals surface area contributed by atoms with Crippen molar-refractivity contribution in [2.45, 2.75) is 19.9 Å². The van der Waals surface area contributed by atoms with E-state index in [-0.39, 0.29) is 18.5 Å². The summed E-state index contributed by atoms with van der Waals surface area (Å²) in [6, 6.07) is -0.895. The van der Waals surface area contributed by atoms with Gasteiger partial charge in [0.2, 0.25) is 5.91 Å². The van der Waals surface area contributed by atoms with E-state index in [0.717, 1.165) is 0 Å². The first kappa shape index (κ1) is 14.7. The van der Waals surface area contributed by atoms with E-state index in [1.54, 1.807) is 13.8 Å². The standard InChI is InChI=1S/C9H15ClN2O4/c1-6(2)12(5-8(14)16-3)9(15)11-7(13)4-10/h6H,4-5H2,1-3H3,(H,11,13,15). The number of carbonyl (C=O) groups excluding carboxylic acids is 3. The molecule has 0 atom stereocenters. The maximum atomic E-state index is 11.5. The van der Waals surface area contributed by atoms with Gasteiger partial charge in [-0.1, -0.05) is 0 Å². The molecule has 1 N–H and O–H groups in total. The summed E-state index contributed by atoms with van der Waals surface area (Å²) in [7, 11) is 1.22. The summed E-state index contributed by atoms with van der Waals surface area (Å²) < 4.78 is 4.44. The lowest BCUT2D eigenvalue weighted by Crippen LogP contribution is -2.48. The zero-order chi connectivity index (χ0) is 12.7. The third-order valence-electron chi connectivity index (χ3n) is 1.78. The molecule has 0 fully saturated rings. The van der Waals surface area contributed by atoms with Gasteiger partial charge >= 0.3 is 12.0 Å². The molecule has 0 radical (unpaired) electrons. The van der Waals surface area contributed by atoms with Crippen molar-refractivity contribution < 1.29 is 19.1 Å². The third-order valence-corrected chi connectivity index (χ3v) is 2.02. The summed E-state index contributed by atoms with van der Waals surface area (Å²) in [6.07, 6.45) is 0. The van der Waals surface area contributed by atoms with Crippen LogP contribution in [0, 0.1) is 0 Å². The largest absolute Gasteiger partial charge is 0.468 e. The van der Waals surface area contributed by atoms with Gasteiger partial charge in [-0.05, 0) is 13.8 Å². The fourth-order valence-electron chi connectivity index (χ4n) is 0.917. The van der Waals surface area contributed by atoms with E-state index in [2.05, 4.69) is 4.74 Å². The molecule has 0 heterocycles. The molecule has 6 nitrogen and oxygen atoms in total. The SMILES string of the molecule is COC(=O)CN(C(=O)NC(=O)CCl)C(C)C. The van der Waals surface area contributed by atoms with Crippen LogP contribution in [0.4, 0.5) is 4.79 Å². The average Bonchev–Trinajstić information content (AvgIpc) is 2.24. The van der Waals surface area contributed by atoms with E-state index in [9.17, 15) is 14.4 Å². The fraction of sp³-hybridized carbons (Fsp3) is 0.667. The number of esters is 1. The highest BCUT2D eigenvalue weighted by atomic mass is 35.5. The molecule has 16 heavy (non-hydrogen) atoms. The highest BCUT2D eigenvalue weighted by Crippen LogP contribution is 1.99. The van der Waals surface area contributed by atoms with Gasteiger partial charge in [0.25, 0.3) is 0 Å². The molecule has 0 unspecified atom stereocenters. The summed E-state index contributed by atoms with van der Waals surface area (Å²) >= 11 is 5.24. The highest BCUT2D eigenvalue weighted by Gasteiger charge is 2.21. The third kappa shape index (κ3) is 4.97. The van der Waals surface area contributed by atoms with Crippen molar-refractivity contribution >= 4 is 29.5 Å². The van der Waals surface area contributed by atoms with Gasteiger partial charge in [-0.2, -0.15) is 0 Å². The molecule has 0 aromatic rings. The summed E-state index contributed by atoms with van der Waals surface area (Å²) in [4.78, 5) is 34.6. The zero-order valence-corrected chi connectivity index (χ0v) is 10.2. The minimum Gasteiger partial charge on any atom is -0.468 e. The number of urea groups is 1.